The van der Waals surface area contributed by atoms with Crippen molar-refractivity contribution in [1.29, 1.82) is 0 Å². The summed E-state index contributed by atoms with van der Waals surface area (Å²) in [5.74, 6) is 0.911. The minimum Gasteiger partial charge on any atom is -0.372 e. The fraction of sp³-hybridized carbons (Fsp3) is 1.00. The van der Waals surface area contributed by atoms with Gasteiger partial charge in [0.25, 0.3) is 0 Å². The molecule has 2 atom stereocenters. The third-order valence-corrected chi connectivity index (χ3v) is 3.62. The van der Waals surface area contributed by atoms with Crippen molar-refractivity contribution in [1.82, 2.24) is 5.32 Å². The van der Waals surface area contributed by atoms with E-state index in [1.165, 1.54) is 32.1 Å². The van der Waals surface area contributed by atoms with Crippen LogP contribution in [0.4, 0.5) is 0 Å². The topological polar surface area (TPSA) is 21.3 Å². The van der Waals surface area contributed by atoms with E-state index < -0.39 is 0 Å². The molecule has 0 aromatic heterocycles. The molecule has 1 saturated heterocycles. The van der Waals surface area contributed by atoms with Gasteiger partial charge in [-0.25, -0.2) is 0 Å². The molecular formula is C11H21NO. The van der Waals surface area contributed by atoms with E-state index in [0.29, 0.717) is 0 Å². The van der Waals surface area contributed by atoms with Crippen LogP contribution in [0.2, 0.25) is 0 Å². The smallest absolute Gasteiger partial charge is 0.0809 e. The molecule has 76 valence electrons. The Hall–Kier alpha value is -0.0800. The Morgan fingerprint density at radius 1 is 1.54 bits per heavy atom. The van der Waals surface area contributed by atoms with E-state index in [9.17, 15) is 0 Å². The van der Waals surface area contributed by atoms with Crippen LogP contribution in [-0.2, 0) is 4.74 Å². The number of ether oxygens (including phenoxy) is 1. The quantitative estimate of drug-likeness (QED) is 0.671. The Morgan fingerprint density at radius 3 is 3.15 bits per heavy atom. The summed E-state index contributed by atoms with van der Waals surface area (Å²) in [5, 5.41) is 3.46. The van der Waals surface area contributed by atoms with Crippen molar-refractivity contribution in [2.75, 3.05) is 19.7 Å². The SMILES string of the molecule is CCC1CCCC2(CNCCO2)C1. The fourth-order valence-corrected chi connectivity index (χ4v) is 2.79. The van der Waals surface area contributed by atoms with Crippen molar-refractivity contribution in [2.24, 2.45) is 5.92 Å². The molecule has 2 fully saturated rings. The summed E-state index contributed by atoms with van der Waals surface area (Å²) in [7, 11) is 0. The predicted octanol–water partition coefficient (Wildman–Crippen LogP) is 1.95. The van der Waals surface area contributed by atoms with E-state index in [-0.39, 0.29) is 5.60 Å². The molecule has 0 bridgehead atoms. The predicted molar refractivity (Wildman–Crippen MR) is 53.8 cm³/mol. The van der Waals surface area contributed by atoms with Gasteiger partial charge in [-0.2, -0.15) is 0 Å². The van der Waals surface area contributed by atoms with Crippen LogP contribution in [0.3, 0.4) is 0 Å². The summed E-state index contributed by atoms with van der Waals surface area (Å²) in [6, 6.07) is 0. The molecule has 13 heavy (non-hydrogen) atoms. The van der Waals surface area contributed by atoms with Gasteiger partial charge in [-0.3, -0.25) is 0 Å². The average Bonchev–Trinajstić information content (AvgIpc) is 2.19. The maximum Gasteiger partial charge on any atom is 0.0809 e. The second kappa shape index (κ2) is 3.97. The zero-order chi connectivity index (χ0) is 9.15. The Bertz CT molecular complexity index is 158. The van der Waals surface area contributed by atoms with Crippen LogP contribution in [0, 0.1) is 5.92 Å². The average molecular weight is 183 g/mol. The highest BCUT2D eigenvalue weighted by Gasteiger charge is 2.37. The monoisotopic (exact) mass is 183 g/mol. The summed E-state index contributed by atoms with van der Waals surface area (Å²) in [6.45, 7) is 5.35. The van der Waals surface area contributed by atoms with Gasteiger partial charge in [-0.05, 0) is 18.8 Å². The minimum absolute atomic E-state index is 0.219. The van der Waals surface area contributed by atoms with Crippen LogP contribution in [0.5, 0.6) is 0 Å². The Balaban J connectivity index is 1.95. The van der Waals surface area contributed by atoms with E-state index in [1.54, 1.807) is 0 Å². The Labute approximate surface area is 81.0 Å². The van der Waals surface area contributed by atoms with Crippen molar-refractivity contribution in [2.45, 2.75) is 44.6 Å². The van der Waals surface area contributed by atoms with E-state index in [2.05, 4.69) is 12.2 Å². The maximum atomic E-state index is 5.98. The lowest BCUT2D eigenvalue weighted by Gasteiger charge is -2.43. The number of hydrogen-bond acceptors (Lipinski definition) is 2. The molecule has 0 radical (unpaired) electrons. The van der Waals surface area contributed by atoms with Crippen molar-refractivity contribution < 1.29 is 4.74 Å². The molecule has 1 saturated carbocycles. The zero-order valence-corrected chi connectivity index (χ0v) is 8.64. The normalized spacial score (nSPS) is 40.8. The van der Waals surface area contributed by atoms with Gasteiger partial charge in [0.15, 0.2) is 0 Å². The van der Waals surface area contributed by atoms with Crippen LogP contribution in [0.25, 0.3) is 0 Å². The van der Waals surface area contributed by atoms with Gasteiger partial charge < -0.3 is 10.1 Å². The second-order valence-electron chi connectivity index (χ2n) is 4.58. The van der Waals surface area contributed by atoms with E-state index in [1.807, 2.05) is 0 Å². The molecule has 2 aliphatic rings. The molecular weight excluding hydrogens is 162 g/mol. The molecule has 1 spiro atoms. The second-order valence-corrected chi connectivity index (χ2v) is 4.58. The summed E-state index contributed by atoms with van der Waals surface area (Å²) in [6.07, 6.45) is 6.67. The molecule has 0 amide bonds. The van der Waals surface area contributed by atoms with Crippen molar-refractivity contribution >= 4 is 0 Å². The van der Waals surface area contributed by atoms with Gasteiger partial charge in [-0.1, -0.05) is 26.2 Å². The molecule has 2 heteroatoms. The number of hydrogen-bond donors (Lipinski definition) is 1. The largest absolute Gasteiger partial charge is 0.372 e. The third kappa shape index (κ3) is 2.05. The summed E-state index contributed by atoms with van der Waals surface area (Å²) >= 11 is 0. The first-order valence-corrected chi connectivity index (χ1v) is 5.69. The lowest BCUT2D eigenvalue weighted by atomic mass is 9.76. The lowest BCUT2D eigenvalue weighted by Crippen LogP contribution is -2.52. The van der Waals surface area contributed by atoms with Gasteiger partial charge in [0.1, 0.15) is 0 Å². The molecule has 1 aliphatic heterocycles. The molecule has 1 aliphatic carbocycles. The minimum atomic E-state index is 0.219. The number of morpholine rings is 1. The summed E-state index contributed by atoms with van der Waals surface area (Å²) < 4.78 is 5.98. The Morgan fingerprint density at radius 2 is 2.46 bits per heavy atom. The van der Waals surface area contributed by atoms with Gasteiger partial charge >= 0.3 is 0 Å². The Kier molecular flexibility index (Phi) is 2.89. The van der Waals surface area contributed by atoms with Gasteiger partial charge in [0.05, 0.1) is 12.2 Å². The molecule has 2 nitrogen and oxygen atoms in total. The molecule has 0 aromatic carbocycles. The highest BCUT2D eigenvalue weighted by Crippen LogP contribution is 2.37. The third-order valence-electron chi connectivity index (χ3n) is 3.62. The molecule has 0 aromatic rings. The highest BCUT2D eigenvalue weighted by atomic mass is 16.5. The first-order valence-electron chi connectivity index (χ1n) is 5.69. The highest BCUT2D eigenvalue weighted by molar-refractivity contribution is 4.91. The number of rotatable bonds is 1. The van der Waals surface area contributed by atoms with Crippen LogP contribution in [0.15, 0.2) is 0 Å². The van der Waals surface area contributed by atoms with Crippen molar-refractivity contribution in [3.8, 4) is 0 Å². The van der Waals surface area contributed by atoms with E-state index in [4.69, 9.17) is 4.74 Å². The van der Waals surface area contributed by atoms with Gasteiger partial charge in [0, 0.05) is 13.1 Å². The van der Waals surface area contributed by atoms with Crippen LogP contribution in [-0.4, -0.2) is 25.3 Å². The summed E-state index contributed by atoms with van der Waals surface area (Å²) in [4.78, 5) is 0. The molecule has 1 heterocycles. The lowest BCUT2D eigenvalue weighted by molar-refractivity contribution is -0.0994. The van der Waals surface area contributed by atoms with Crippen LogP contribution >= 0.6 is 0 Å². The number of nitrogens with one attached hydrogen (secondary N) is 1. The van der Waals surface area contributed by atoms with Crippen molar-refractivity contribution in [3.63, 3.8) is 0 Å². The first-order chi connectivity index (χ1) is 6.35. The molecule has 1 N–H and O–H groups in total. The van der Waals surface area contributed by atoms with Crippen molar-refractivity contribution in [3.05, 3.63) is 0 Å². The molecule has 2 rings (SSSR count). The zero-order valence-electron chi connectivity index (χ0n) is 8.64. The van der Waals surface area contributed by atoms with Gasteiger partial charge in [0.2, 0.25) is 0 Å². The van der Waals surface area contributed by atoms with E-state index in [0.717, 1.165) is 25.6 Å². The van der Waals surface area contributed by atoms with Gasteiger partial charge in [-0.15, -0.1) is 0 Å². The first kappa shape index (κ1) is 9.47. The molecule has 2 unspecified atom stereocenters. The summed E-state index contributed by atoms with van der Waals surface area (Å²) in [5.41, 5.74) is 0.219. The van der Waals surface area contributed by atoms with E-state index >= 15 is 0 Å². The fourth-order valence-electron chi connectivity index (χ4n) is 2.79. The standard InChI is InChI=1S/C11H21NO/c1-2-10-4-3-5-11(8-10)9-12-6-7-13-11/h10,12H,2-9H2,1H3. The van der Waals surface area contributed by atoms with Crippen LogP contribution < -0.4 is 5.32 Å². The maximum absolute atomic E-state index is 5.98. The van der Waals surface area contributed by atoms with Crippen LogP contribution in [0.1, 0.15) is 39.0 Å².